The lowest BCUT2D eigenvalue weighted by Gasteiger charge is -2.42. The Labute approximate surface area is 274 Å². The lowest BCUT2D eigenvalue weighted by atomic mass is 9.72. The minimum Gasteiger partial charge on any atom is -0.457 e. The second-order valence-corrected chi connectivity index (χ2v) is 13.8. The van der Waals surface area contributed by atoms with Gasteiger partial charge < -0.3 is 4.74 Å². The summed E-state index contributed by atoms with van der Waals surface area (Å²) in [6.07, 6.45) is 5.74. The lowest BCUT2D eigenvalue weighted by Crippen LogP contribution is -2.31. The van der Waals surface area contributed by atoms with Crippen molar-refractivity contribution < 1.29 is 4.74 Å². The topological polar surface area (TPSA) is 42.7 Å². The van der Waals surface area contributed by atoms with Crippen LogP contribution in [0, 0.1) is 0 Å². The second-order valence-electron chi connectivity index (χ2n) is 12.7. The fourth-order valence-corrected chi connectivity index (χ4v) is 8.78. The highest BCUT2D eigenvalue weighted by Crippen LogP contribution is 2.56. The normalized spacial score (nSPS) is 13.9. The molecule has 9 aromatic rings. The van der Waals surface area contributed by atoms with E-state index in [0.717, 1.165) is 50.6 Å². The molecule has 0 N–H and O–H groups in total. The Morgan fingerprint density at radius 3 is 2.34 bits per heavy atom. The molecule has 0 aliphatic carbocycles. The molecule has 224 valence electrons. The average molecular weight is 625 g/mol. The molecule has 4 aromatic heterocycles. The van der Waals surface area contributed by atoms with Gasteiger partial charge in [-0.15, -0.1) is 11.3 Å². The van der Waals surface area contributed by atoms with Crippen molar-refractivity contribution >= 4 is 76.0 Å². The molecule has 10 rings (SSSR count). The SMILES string of the molecule is CC1(C)c2ccc(Oc3ccc4c5ccccc5n5ccnc5c4c3)cc2N(c2ccccn2)c2ccc3sc4ccccc4c3c21. The summed E-state index contributed by atoms with van der Waals surface area (Å²) in [5, 5.41) is 6.03. The van der Waals surface area contributed by atoms with Crippen LogP contribution in [0.1, 0.15) is 25.0 Å². The number of hydrogen-bond acceptors (Lipinski definition) is 5. The molecule has 0 spiro atoms. The highest BCUT2D eigenvalue weighted by molar-refractivity contribution is 7.25. The van der Waals surface area contributed by atoms with Crippen molar-refractivity contribution in [2.75, 3.05) is 4.90 Å². The molecule has 0 unspecified atom stereocenters. The monoisotopic (exact) mass is 624 g/mol. The third-order valence-electron chi connectivity index (χ3n) is 9.71. The van der Waals surface area contributed by atoms with E-state index >= 15 is 0 Å². The van der Waals surface area contributed by atoms with Crippen LogP contribution in [0.15, 0.2) is 134 Å². The molecule has 0 atom stereocenters. The molecule has 0 amide bonds. The maximum atomic E-state index is 6.66. The molecule has 5 aromatic carbocycles. The molecule has 1 aliphatic heterocycles. The summed E-state index contributed by atoms with van der Waals surface area (Å²) in [4.78, 5) is 11.9. The van der Waals surface area contributed by atoms with Crippen molar-refractivity contribution in [1.82, 2.24) is 14.4 Å². The van der Waals surface area contributed by atoms with E-state index in [1.165, 1.54) is 36.7 Å². The first-order valence-electron chi connectivity index (χ1n) is 15.8. The van der Waals surface area contributed by atoms with E-state index in [4.69, 9.17) is 14.7 Å². The van der Waals surface area contributed by atoms with E-state index in [0.29, 0.717) is 0 Å². The van der Waals surface area contributed by atoms with E-state index in [1.54, 1.807) is 0 Å². The maximum absolute atomic E-state index is 6.66. The Kier molecular flexibility index (Phi) is 5.44. The van der Waals surface area contributed by atoms with Crippen LogP contribution in [0.25, 0.3) is 47.5 Å². The molecule has 6 heteroatoms. The van der Waals surface area contributed by atoms with Crippen LogP contribution in [0.3, 0.4) is 0 Å². The quantitative estimate of drug-likeness (QED) is 0.183. The van der Waals surface area contributed by atoms with E-state index < -0.39 is 0 Å². The van der Waals surface area contributed by atoms with Gasteiger partial charge in [0.25, 0.3) is 0 Å². The van der Waals surface area contributed by atoms with E-state index in [1.807, 2.05) is 36.0 Å². The molecule has 0 radical (unpaired) electrons. The number of fused-ring (bicyclic) bond motifs is 12. The van der Waals surface area contributed by atoms with Gasteiger partial charge in [0.2, 0.25) is 0 Å². The van der Waals surface area contributed by atoms with Crippen LogP contribution in [0.4, 0.5) is 17.2 Å². The van der Waals surface area contributed by atoms with Gasteiger partial charge in [-0.1, -0.05) is 62.4 Å². The summed E-state index contributed by atoms with van der Waals surface area (Å²) in [5.41, 5.74) is 6.56. The van der Waals surface area contributed by atoms with Gasteiger partial charge in [0.15, 0.2) is 0 Å². The predicted molar refractivity (Wildman–Crippen MR) is 194 cm³/mol. The van der Waals surface area contributed by atoms with Crippen molar-refractivity contribution in [1.29, 1.82) is 0 Å². The average Bonchev–Trinajstić information content (AvgIpc) is 3.75. The Hall–Kier alpha value is -5.72. The molecule has 0 saturated carbocycles. The first-order chi connectivity index (χ1) is 23.1. The summed E-state index contributed by atoms with van der Waals surface area (Å²) in [6.45, 7) is 4.69. The van der Waals surface area contributed by atoms with Gasteiger partial charge in [0, 0.05) is 61.0 Å². The third kappa shape index (κ3) is 3.76. The number of thiophene rings is 1. The van der Waals surface area contributed by atoms with Gasteiger partial charge in [-0.2, -0.15) is 0 Å². The van der Waals surface area contributed by atoms with E-state index in [9.17, 15) is 0 Å². The van der Waals surface area contributed by atoms with Gasteiger partial charge >= 0.3 is 0 Å². The molecule has 47 heavy (non-hydrogen) atoms. The summed E-state index contributed by atoms with van der Waals surface area (Å²) >= 11 is 1.86. The largest absolute Gasteiger partial charge is 0.457 e. The van der Waals surface area contributed by atoms with E-state index in [-0.39, 0.29) is 5.41 Å². The molecule has 5 nitrogen and oxygen atoms in total. The van der Waals surface area contributed by atoms with Crippen molar-refractivity contribution in [3.63, 3.8) is 0 Å². The maximum Gasteiger partial charge on any atom is 0.145 e. The van der Waals surface area contributed by atoms with Crippen LogP contribution >= 0.6 is 11.3 Å². The number of anilines is 3. The predicted octanol–water partition coefficient (Wildman–Crippen LogP) is 11.3. The summed E-state index contributed by atoms with van der Waals surface area (Å²) in [5.74, 6) is 2.41. The molecule has 0 fully saturated rings. The zero-order valence-electron chi connectivity index (χ0n) is 25.8. The van der Waals surface area contributed by atoms with Gasteiger partial charge in [-0.25, -0.2) is 9.97 Å². The Bertz CT molecular complexity index is 2710. The zero-order chi connectivity index (χ0) is 31.3. The number of aromatic nitrogens is 3. The van der Waals surface area contributed by atoms with Gasteiger partial charge in [-0.05, 0) is 77.2 Å². The second kappa shape index (κ2) is 9.64. The van der Waals surface area contributed by atoms with E-state index in [2.05, 4.69) is 132 Å². The van der Waals surface area contributed by atoms with Crippen LogP contribution in [0.2, 0.25) is 0 Å². The van der Waals surface area contributed by atoms with Gasteiger partial charge in [0.1, 0.15) is 23.0 Å². The number of imidazole rings is 1. The number of benzene rings is 5. The molecule has 0 bridgehead atoms. The number of nitrogens with zero attached hydrogens (tertiary/aromatic N) is 4. The number of rotatable bonds is 3. The van der Waals surface area contributed by atoms with Crippen molar-refractivity contribution in [2.45, 2.75) is 19.3 Å². The first kappa shape index (κ1) is 26.5. The Morgan fingerprint density at radius 2 is 1.45 bits per heavy atom. The van der Waals surface area contributed by atoms with Crippen LogP contribution in [-0.4, -0.2) is 14.4 Å². The molecule has 0 saturated heterocycles. The summed E-state index contributed by atoms with van der Waals surface area (Å²) in [7, 11) is 0. The fraction of sp³-hybridized carbons (Fsp3) is 0.0732. The lowest BCUT2D eigenvalue weighted by molar-refractivity contribution is 0.482. The van der Waals surface area contributed by atoms with Gasteiger partial charge in [-0.3, -0.25) is 9.30 Å². The van der Waals surface area contributed by atoms with Crippen molar-refractivity contribution in [2.24, 2.45) is 0 Å². The summed E-state index contributed by atoms with van der Waals surface area (Å²) < 4.78 is 11.4. The number of hydrogen-bond donors (Lipinski definition) is 0. The van der Waals surface area contributed by atoms with Gasteiger partial charge in [0.05, 0.1) is 16.9 Å². The summed E-state index contributed by atoms with van der Waals surface area (Å²) in [6, 6.07) is 40.7. The molecular weight excluding hydrogens is 597 g/mol. The van der Waals surface area contributed by atoms with Crippen molar-refractivity contribution in [3.05, 3.63) is 145 Å². The van der Waals surface area contributed by atoms with Crippen molar-refractivity contribution in [3.8, 4) is 11.5 Å². The zero-order valence-corrected chi connectivity index (χ0v) is 26.6. The highest BCUT2D eigenvalue weighted by Gasteiger charge is 2.39. The number of ether oxygens (including phenoxy) is 1. The minimum atomic E-state index is -0.270. The van der Waals surface area contributed by atoms with Crippen LogP contribution in [0.5, 0.6) is 11.5 Å². The molecule has 5 heterocycles. The molecular formula is C41H28N4OS. The smallest absolute Gasteiger partial charge is 0.145 e. The highest BCUT2D eigenvalue weighted by atomic mass is 32.1. The third-order valence-corrected chi connectivity index (χ3v) is 10.8. The number of pyridine rings is 2. The molecule has 1 aliphatic rings. The van der Waals surface area contributed by atoms with Crippen LogP contribution < -0.4 is 9.64 Å². The number of para-hydroxylation sites is 1. The standard InChI is InChI=1S/C41H28N4OS/c1-41(2)31-17-15-26(46-25-14-16-27-28-9-3-5-11-32(28)44-22-21-43-40(44)30(27)23-25)24-34(31)45(37-13-7-8-20-42-37)33-18-19-36-38(39(33)41)29-10-4-6-12-35(29)47-36/h3-24H,1-2H3. The first-order valence-corrected chi connectivity index (χ1v) is 16.6. The minimum absolute atomic E-state index is 0.270. The van der Waals surface area contributed by atoms with Crippen LogP contribution in [-0.2, 0) is 5.41 Å². The fourth-order valence-electron chi connectivity index (χ4n) is 7.66. The Balaban J connectivity index is 1.15. The Morgan fingerprint density at radius 1 is 0.638 bits per heavy atom.